The fourth-order valence-electron chi connectivity index (χ4n) is 3.39. The molecule has 32 heavy (non-hydrogen) atoms. The van der Waals surface area contributed by atoms with Crippen molar-refractivity contribution in [1.29, 1.82) is 0 Å². The summed E-state index contributed by atoms with van der Waals surface area (Å²) >= 11 is 0. The summed E-state index contributed by atoms with van der Waals surface area (Å²) in [6, 6.07) is 12.6. The number of aromatic nitrogens is 2. The van der Waals surface area contributed by atoms with E-state index in [1.54, 1.807) is 30.3 Å². The van der Waals surface area contributed by atoms with Crippen LogP contribution in [0.4, 0.5) is 13.2 Å². The lowest BCUT2D eigenvalue weighted by molar-refractivity contribution is 0.0776. The van der Waals surface area contributed by atoms with Crippen molar-refractivity contribution in [1.82, 2.24) is 9.78 Å². The smallest absolute Gasteiger partial charge is 0.274 e. The number of para-hydroxylation sites is 1. The molecule has 0 aliphatic heterocycles. The van der Waals surface area contributed by atoms with Crippen molar-refractivity contribution >= 4 is 10.9 Å². The Morgan fingerprint density at radius 3 is 2.44 bits per heavy atom. The van der Waals surface area contributed by atoms with E-state index in [2.05, 4.69) is 5.10 Å². The van der Waals surface area contributed by atoms with Gasteiger partial charge in [0.05, 0.1) is 30.2 Å². The van der Waals surface area contributed by atoms with Gasteiger partial charge in [-0.1, -0.05) is 24.3 Å². The first-order valence-corrected chi connectivity index (χ1v) is 9.74. The second kappa shape index (κ2) is 8.89. The van der Waals surface area contributed by atoms with Crippen molar-refractivity contribution in [3.8, 4) is 16.9 Å². The Morgan fingerprint density at radius 2 is 1.72 bits per heavy atom. The predicted octanol–water partition coefficient (Wildman–Crippen LogP) is 3.35. The summed E-state index contributed by atoms with van der Waals surface area (Å²) in [6.07, 6.45) is -1.07. The van der Waals surface area contributed by atoms with E-state index in [4.69, 9.17) is 9.84 Å². The van der Waals surface area contributed by atoms with Crippen LogP contribution in [0.1, 0.15) is 5.56 Å². The topological polar surface area (TPSA) is 87.5 Å². The molecule has 1 atom stereocenters. The third-order valence-electron chi connectivity index (χ3n) is 5.05. The molecule has 3 N–H and O–H groups in total. The number of hydrogen-bond donors (Lipinski definition) is 3. The maximum Gasteiger partial charge on any atom is 0.274 e. The molecule has 1 heterocycles. The maximum absolute atomic E-state index is 14.0. The summed E-state index contributed by atoms with van der Waals surface area (Å²) in [7, 11) is 0. The van der Waals surface area contributed by atoms with Gasteiger partial charge in [0.25, 0.3) is 5.56 Å². The summed E-state index contributed by atoms with van der Waals surface area (Å²) < 4.78 is 47.6. The molecule has 1 unspecified atom stereocenters. The SMILES string of the molecule is O=c1c2cccc(COc3ccc(-c4cc(F)c(F)cc4F)cc3)c2[nH]n1CC(O)CO. The minimum absolute atomic E-state index is 0.0656. The van der Waals surface area contributed by atoms with E-state index in [0.717, 1.165) is 6.07 Å². The molecule has 0 amide bonds. The second-order valence-electron chi connectivity index (χ2n) is 7.26. The zero-order valence-corrected chi connectivity index (χ0v) is 16.7. The third kappa shape index (κ3) is 4.25. The van der Waals surface area contributed by atoms with E-state index >= 15 is 0 Å². The van der Waals surface area contributed by atoms with Gasteiger partial charge in [-0.05, 0) is 29.8 Å². The number of aliphatic hydroxyl groups is 2. The van der Waals surface area contributed by atoms with Gasteiger partial charge in [0.1, 0.15) is 18.2 Å². The van der Waals surface area contributed by atoms with Gasteiger partial charge < -0.3 is 14.9 Å². The predicted molar refractivity (Wildman–Crippen MR) is 112 cm³/mol. The van der Waals surface area contributed by atoms with E-state index in [1.807, 2.05) is 0 Å². The standard InChI is InChI=1S/C23H19F3N2O4/c24-19-9-21(26)20(25)8-18(19)13-4-6-16(7-5-13)32-12-14-2-1-3-17-22(14)27-28(23(17)31)10-15(30)11-29/h1-9,15,27,29-30H,10-12H2. The van der Waals surface area contributed by atoms with Crippen LogP contribution in [0.2, 0.25) is 0 Å². The lowest BCUT2D eigenvalue weighted by Gasteiger charge is -2.09. The number of fused-ring (bicyclic) bond motifs is 1. The Kier molecular flexibility index (Phi) is 6.02. The Balaban J connectivity index is 1.53. The number of rotatable bonds is 7. The molecule has 9 heteroatoms. The fraction of sp³-hybridized carbons (Fsp3) is 0.174. The zero-order valence-electron chi connectivity index (χ0n) is 16.7. The summed E-state index contributed by atoms with van der Waals surface area (Å²) in [4.78, 5) is 12.5. The van der Waals surface area contributed by atoms with Crippen molar-refractivity contribution in [3.05, 3.63) is 88.0 Å². The first-order chi connectivity index (χ1) is 15.4. The molecule has 166 valence electrons. The average molecular weight is 444 g/mol. The largest absolute Gasteiger partial charge is 0.489 e. The number of ether oxygens (including phenoxy) is 1. The van der Waals surface area contributed by atoms with Crippen molar-refractivity contribution in [3.63, 3.8) is 0 Å². The minimum Gasteiger partial charge on any atom is -0.489 e. The molecule has 0 saturated heterocycles. The summed E-state index contributed by atoms with van der Waals surface area (Å²) in [6.45, 7) is -0.437. The Labute approximate surface area is 180 Å². The summed E-state index contributed by atoms with van der Waals surface area (Å²) in [5.74, 6) is -2.81. The van der Waals surface area contributed by atoms with Crippen LogP contribution in [0.3, 0.4) is 0 Å². The van der Waals surface area contributed by atoms with Gasteiger partial charge in [-0.3, -0.25) is 9.89 Å². The monoisotopic (exact) mass is 444 g/mol. The van der Waals surface area contributed by atoms with Gasteiger partial charge in [-0.25, -0.2) is 17.9 Å². The first kappa shape index (κ1) is 21.7. The van der Waals surface area contributed by atoms with Gasteiger partial charge in [-0.2, -0.15) is 0 Å². The van der Waals surface area contributed by atoms with Crippen LogP contribution < -0.4 is 10.3 Å². The number of hydrogen-bond acceptors (Lipinski definition) is 4. The van der Waals surface area contributed by atoms with E-state index in [0.29, 0.717) is 33.8 Å². The highest BCUT2D eigenvalue weighted by Gasteiger charge is 2.14. The lowest BCUT2D eigenvalue weighted by Crippen LogP contribution is -2.27. The molecule has 0 aliphatic rings. The number of benzene rings is 3. The lowest BCUT2D eigenvalue weighted by atomic mass is 10.0. The molecule has 0 bridgehead atoms. The molecule has 0 aliphatic carbocycles. The molecule has 0 saturated carbocycles. The van der Waals surface area contributed by atoms with Gasteiger partial charge in [-0.15, -0.1) is 0 Å². The number of nitrogens with one attached hydrogen (secondary N) is 1. The van der Waals surface area contributed by atoms with E-state index in [9.17, 15) is 23.1 Å². The van der Waals surface area contributed by atoms with E-state index in [1.165, 1.54) is 16.8 Å². The van der Waals surface area contributed by atoms with E-state index in [-0.39, 0.29) is 24.3 Å². The van der Waals surface area contributed by atoms with Gasteiger partial charge in [0.2, 0.25) is 0 Å². The number of aliphatic hydroxyl groups excluding tert-OH is 2. The van der Waals surface area contributed by atoms with Gasteiger partial charge >= 0.3 is 0 Å². The first-order valence-electron chi connectivity index (χ1n) is 9.74. The van der Waals surface area contributed by atoms with Gasteiger partial charge in [0.15, 0.2) is 11.6 Å². The summed E-state index contributed by atoms with van der Waals surface area (Å²) in [5, 5.41) is 22.0. The van der Waals surface area contributed by atoms with Crippen LogP contribution in [0.5, 0.6) is 5.75 Å². The average Bonchev–Trinajstić information content (AvgIpc) is 3.11. The molecule has 1 aromatic heterocycles. The van der Waals surface area contributed by atoms with Crippen LogP contribution in [-0.2, 0) is 13.2 Å². The zero-order chi connectivity index (χ0) is 22.8. The molecule has 0 radical (unpaired) electrons. The summed E-state index contributed by atoms with van der Waals surface area (Å²) in [5.41, 5.74) is 1.20. The maximum atomic E-state index is 14.0. The molecular formula is C23H19F3N2O4. The second-order valence-corrected chi connectivity index (χ2v) is 7.26. The minimum atomic E-state index is -1.25. The molecule has 0 spiro atoms. The van der Waals surface area contributed by atoms with Crippen LogP contribution in [0.15, 0.2) is 59.4 Å². The quantitative estimate of drug-likeness (QED) is 0.382. The Bertz CT molecular complexity index is 1320. The number of halogens is 3. The number of H-pyrrole nitrogens is 1. The fourth-order valence-corrected chi connectivity index (χ4v) is 3.39. The van der Waals surface area contributed by atoms with Crippen molar-refractivity contribution in [2.45, 2.75) is 19.3 Å². The van der Waals surface area contributed by atoms with Crippen molar-refractivity contribution < 1.29 is 28.1 Å². The van der Waals surface area contributed by atoms with Crippen molar-refractivity contribution in [2.75, 3.05) is 6.61 Å². The van der Waals surface area contributed by atoms with E-state index < -0.39 is 30.2 Å². The van der Waals surface area contributed by atoms with Crippen molar-refractivity contribution in [2.24, 2.45) is 0 Å². The Morgan fingerprint density at radius 1 is 1.00 bits per heavy atom. The molecule has 4 aromatic rings. The molecular weight excluding hydrogens is 425 g/mol. The molecule has 4 rings (SSSR count). The van der Waals surface area contributed by atoms with Crippen LogP contribution in [-0.4, -0.2) is 32.7 Å². The Hall–Kier alpha value is -3.56. The highest BCUT2D eigenvalue weighted by atomic mass is 19.2. The molecule has 3 aromatic carbocycles. The highest BCUT2D eigenvalue weighted by molar-refractivity contribution is 5.81. The number of aromatic amines is 1. The normalized spacial score (nSPS) is 12.3. The third-order valence-corrected chi connectivity index (χ3v) is 5.05. The van der Waals surface area contributed by atoms with Crippen LogP contribution in [0, 0.1) is 17.5 Å². The van der Waals surface area contributed by atoms with Crippen LogP contribution in [0.25, 0.3) is 22.0 Å². The molecule has 0 fully saturated rings. The highest BCUT2D eigenvalue weighted by Crippen LogP contribution is 2.27. The molecule has 6 nitrogen and oxygen atoms in total. The van der Waals surface area contributed by atoms with Crippen LogP contribution >= 0.6 is 0 Å². The van der Waals surface area contributed by atoms with Gasteiger partial charge in [0, 0.05) is 17.2 Å². The number of nitrogens with zero attached hydrogens (tertiary/aromatic N) is 1.